The first-order valence-electron chi connectivity index (χ1n) is 9.93. The van der Waals surface area contributed by atoms with Crippen LogP contribution in [-0.4, -0.2) is 63.5 Å². The molecule has 8 nitrogen and oxygen atoms in total. The summed E-state index contributed by atoms with van der Waals surface area (Å²) in [6.45, 7) is 7.87. The molecule has 1 heterocycles. The number of likely N-dealkylation sites (tertiary alicyclic amines) is 1. The third-order valence-corrected chi connectivity index (χ3v) is 4.69. The van der Waals surface area contributed by atoms with Gasteiger partial charge >= 0.3 is 6.09 Å². The van der Waals surface area contributed by atoms with Gasteiger partial charge in [0, 0.05) is 38.4 Å². The van der Waals surface area contributed by atoms with Crippen molar-refractivity contribution in [3.8, 4) is 11.5 Å². The van der Waals surface area contributed by atoms with Gasteiger partial charge in [-0.1, -0.05) is 0 Å². The molecule has 0 atom stereocenters. The molecule has 1 amide bonds. The maximum atomic E-state index is 12.2. The molecule has 9 heteroatoms. The number of piperidine rings is 1. The largest absolute Gasteiger partial charge is 0.493 e. The van der Waals surface area contributed by atoms with Crippen LogP contribution < -0.4 is 20.1 Å². The first kappa shape index (κ1) is 26.1. The van der Waals surface area contributed by atoms with Crippen molar-refractivity contribution in [2.45, 2.75) is 39.2 Å². The minimum Gasteiger partial charge on any atom is -0.493 e. The lowest BCUT2D eigenvalue weighted by Crippen LogP contribution is -2.44. The zero-order valence-electron chi connectivity index (χ0n) is 18.8. The van der Waals surface area contributed by atoms with Crippen molar-refractivity contribution < 1.29 is 19.0 Å². The first-order chi connectivity index (χ1) is 13.8. The van der Waals surface area contributed by atoms with Gasteiger partial charge in [0.2, 0.25) is 0 Å². The number of guanidine groups is 1. The molecule has 1 fully saturated rings. The molecule has 2 rings (SSSR count). The highest BCUT2D eigenvalue weighted by atomic mass is 127. The lowest BCUT2D eigenvalue weighted by Gasteiger charge is -2.33. The summed E-state index contributed by atoms with van der Waals surface area (Å²) in [5.41, 5.74) is 0.396. The number of methoxy groups -OCH3 is 2. The molecule has 1 aliphatic rings. The third-order valence-electron chi connectivity index (χ3n) is 4.69. The van der Waals surface area contributed by atoms with E-state index in [1.54, 1.807) is 26.2 Å². The number of halogens is 1. The second-order valence-electron chi connectivity index (χ2n) is 8.06. The summed E-state index contributed by atoms with van der Waals surface area (Å²) in [6, 6.07) is 5.62. The fourth-order valence-corrected chi connectivity index (χ4v) is 3.12. The highest BCUT2D eigenvalue weighted by Crippen LogP contribution is 2.29. The Morgan fingerprint density at radius 1 is 1.17 bits per heavy atom. The quantitative estimate of drug-likeness (QED) is 0.338. The Morgan fingerprint density at radius 2 is 1.80 bits per heavy atom. The van der Waals surface area contributed by atoms with Gasteiger partial charge in [-0.15, -0.1) is 24.0 Å². The summed E-state index contributed by atoms with van der Waals surface area (Å²) in [7, 11) is 4.96. The monoisotopic (exact) mass is 534 g/mol. The Kier molecular flexibility index (Phi) is 10.5. The average molecular weight is 534 g/mol. The Hall–Kier alpha value is -1.91. The summed E-state index contributed by atoms with van der Waals surface area (Å²) in [6.07, 6.45) is 1.63. The fraction of sp³-hybridized carbons (Fsp3) is 0.619. The zero-order chi connectivity index (χ0) is 21.4. The Balaban J connectivity index is 0.00000450. The molecule has 0 unspecified atom stereocenters. The van der Waals surface area contributed by atoms with Crippen LogP contribution in [0.1, 0.15) is 33.6 Å². The number of aliphatic imine (C=N–C) groups is 1. The summed E-state index contributed by atoms with van der Waals surface area (Å²) in [5, 5.41) is 6.63. The number of carbonyl (C=O) groups is 1. The zero-order valence-corrected chi connectivity index (χ0v) is 21.1. The average Bonchev–Trinajstić information content (AvgIpc) is 2.70. The van der Waals surface area contributed by atoms with Gasteiger partial charge in [-0.05, 0) is 51.7 Å². The van der Waals surface area contributed by atoms with Crippen LogP contribution in [0.5, 0.6) is 11.5 Å². The van der Waals surface area contributed by atoms with Gasteiger partial charge in [-0.3, -0.25) is 4.99 Å². The van der Waals surface area contributed by atoms with Gasteiger partial charge in [0.15, 0.2) is 17.5 Å². The third kappa shape index (κ3) is 8.08. The van der Waals surface area contributed by atoms with Gasteiger partial charge in [-0.2, -0.15) is 0 Å². The van der Waals surface area contributed by atoms with E-state index >= 15 is 0 Å². The van der Waals surface area contributed by atoms with E-state index in [0.717, 1.165) is 25.1 Å². The molecule has 170 valence electrons. The summed E-state index contributed by atoms with van der Waals surface area (Å²) in [4.78, 5) is 18.3. The number of ether oxygens (including phenoxy) is 3. The van der Waals surface area contributed by atoms with Gasteiger partial charge in [-0.25, -0.2) is 4.79 Å². The molecule has 1 aliphatic heterocycles. The predicted octanol–water partition coefficient (Wildman–Crippen LogP) is 3.96. The number of benzene rings is 1. The SMILES string of the molecule is CN=C(NCC1CCN(C(=O)OC(C)(C)C)CC1)Nc1ccc(OC)c(OC)c1.I. The fourth-order valence-electron chi connectivity index (χ4n) is 3.12. The van der Waals surface area contributed by atoms with Crippen LogP contribution in [0.3, 0.4) is 0 Å². The second-order valence-corrected chi connectivity index (χ2v) is 8.06. The summed E-state index contributed by atoms with van der Waals surface area (Å²) >= 11 is 0. The van der Waals surface area contributed by atoms with Crippen LogP contribution in [0.2, 0.25) is 0 Å². The van der Waals surface area contributed by atoms with Gasteiger partial charge in [0.25, 0.3) is 0 Å². The van der Waals surface area contributed by atoms with Crippen molar-refractivity contribution in [1.29, 1.82) is 0 Å². The van der Waals surface area contributed by atoms with Crippen molar-refractivity contribution in [2.75, 3.05) is 46.2 Å². The molecular weight excluding hydrogens is 499 g/mol. The molecule has 1 saturated heterocycles. The molecule has 1 aromatic rings. The number of anilines is 1. The number of nitrogens with one attached hydrogen (secondary N) is 2. The van der Waals surface area contributed by atoms with Crippen LogP contribution in [-0.2, 0) is 4.74 Å². The van der Waals surface area contributed by atoms with E-state index in [9.17, 15) is 4.79 Å². The minimum absolute atomic E-state index is 0. The number of amides is 1. The predicted molar refractivity (Wildman–Crippen MR) is 130 cm³/mol. The standard InChI is InChI=1S/C21H34N4O4.HI/c1-21(2,3)29-20(26)25-11-9-15(10-12-25)14-23-19(22-4)24-16-7-8-17(27-5)18(13-16)28-6;/h7-8,13,15H,9-12,14H2,1-6H3,(H2,22,23,24);1H. The van der Waals surface area contributed by atoms with E-state index in [1.165, 1.54) is 0 Å². The first-order valence-corrected chi connectivity index (χ1v) is 9.93. The van der Waals surface area contributed by atoms with Crippen LogP contribution in [0, 0.1) is 5.92 Å². The Bertz CT molecular complexity index is 713. The topological polar surface area (TPSA) is 84.4 Å². The molecule has 0 saturated carbocycles. The minimum atomic E-state index is -0.461. The van der Waals surface area contributed by atoms with Crippen LogP contribution in [0.25, 0.3) is 0 Å². The molecule has 0 aliphatic carbocycles. The van der Waals surface area contributed by atoms with E-state index in [4.69, 9.17) is 14.2 Å². The van der Waals surface area contributed by atoms with Crippen molar-refractivity contribution in [1.82, 2.24) is 10.2 Å². The number of hydrogen-bond acceptors (Lipinski definition) is 5. The van der Waals surface area contributed by atoms with E-state index in [-0.39, 0.29) is 30.1 Å². The highest BCUT2D eigenvalue weighted by Gasteiger charge is 2.26. The number of carbonyl (C=O) groups excluding carboxylic acids is 1. The van der Waals surface area contributed by atoms with Gasteiger partial charge in [0.05, 0.1) is 14.2 Å². The van der Waals surface area contributed by atoms with Crippen molar-refractivity contribution in [2.24, 2.45) is 10.9 Å². The molecule has 2 N–H and O–H groups in total. The molecular formula is C21H35IN4O4. The van der Waals surface area contributed by atoms with E-state index in [1.807, 2.05) is 39.0 Å². The second kappa shape index (κ2) is 12.1. The lowest BCUT2D eigenvalue weighted by atomic mass is 9.97. The van der Waals surface area contributed by atoms with E-state index in [0.29, 0.717) is 36.5 Å². The Labute approximate surface area is 196 Å². The molecule has 0 radical (unpaired) electrons. The van der Waals surface area contributed by atoms with Crippen LogP contribution in [0.15, 0.2) is 23.2 Å². The van der Waals surface area contributed by atoms with Crippen molar-refractivity contribution in [3.63, 3.8) is 0 Å². The Morgan fingerprint density at radius 3 is 2.33 bits per heavy atom. The number of rotatable bonds is 5. The van der Waals surface area contributed by atoms with Crippen LogP contribution >= 0.6 is 24.0 Å². The molecule has 1 aromatic carbocycles. The molecule has 0 bridgehead atoms. The molecule has 0 aromatic heterocycles. The smallest absolute Gasteiger partial charge is 0.410 e. The van der Waals surface area contributed by atoms with Crippen molar-refractivity contribution >= 4 is 41.7 Å². The summed E-state index contributed by atoms with van der Waals surface area (Å²) in [5.74, 6) is 2.49. The summed E-state index contributed by atoms with van der Waals surface area (Å²) < 4.78 is 16.1. The molecule has 0 spiro atoms. The van der Waals surface area contributed by atoms with E-state index < -0.39 is 5.60 Å². The number of hydrogen-bond donors (Lipinski definition) is 2. The van der Waals surface area contributed by atoms with Gasteiger partial charge < -0.3 is 29.7 Å². The van der Waals surface area contributed by atoms with Crippen molar-refractivity contribution in [3.05, 3.63) is 18.2 Å². The normalized spacial score (nSPS) is 15.1. The van der Waals surface area contributed by atoms with Gasteiger partial charge in [0.1, 0.15) is 5.60 Å². The highest BCUT2D eigenvalue weighted by molar-refractivity contribution is 14.0. The lowest BCUT2D eigenvalue weighted by molar-refractivity contribution is 0.0185. The molecule has 30 heavy (non-hydrogen) atoms. The van der Waals surface area contributed by atoms with Crippen LogP contribution in [0.4, 0.5) is 10.5 Å². The maximum Gasteiger partial charge on any atom is 0.410 e. The number of nitrogens with zero attached hydrogens (tertiary/aromatic N) is 2. The maximum absolute atomic E-state index is 12.2. The van der Waals surface area contributed by atoms with E-state index in [2.05, 4.69) is 15.6 Å².